The lowest BCUT2D eigenvalue weighted by molar-refractivity contribution is -0.134. The summed E-state index contributed by atoms with van der Waals surface area (Å²) >= 11 is 0. The molecule has 0 aromatic rings. The summed E-state index contributed by atoms with van der Waals surface area (Å²) in [7, 11) is 0. The van der Waals surface area contributed by atoms with Crippen LogP contribution in [-0.2, 0) is 4.79 Å². The number of hydrogen-bond acceptors (Lipinski definition) is 3. The fourth-order valence-electron chi connectivity index (χ4n) is 1.33. The highest BCUT2D eigenvalue weighted by Crippen LogP contribution is 2.01. The Kier molecular flexibility index (Phi) is 7.95. The summed E-state index contributed by atoms with van der Waals surface area (Å²) < 4.78 is 0. The molecule has 4 nitrogen and oxygen atoms in total. The van der Waals surface area contributed by atoms with Crippen molar-refractivity contribution in [2.75, 3.05) is 32.8 Å². The van der Waals surface area contributed by atoms with Gasteiger partial charge in [0.05, 0.1) is 6.61 Å². The molecule has 1 amide bonds. The van der Waals surface area contributed by atoms with Crippen molar-refractivity contribution in [3.8, 4) is 0 Å². The van der Waals surface area contributed by atoms with Crippen molar-refractivity contribution in [1.82, 2.24) is 10.2 Å². The van der Waals surface area contributed by atoms with Crippen LogP contribution in [0.15, 0.2) is 12.7 Å². The third-order valence-corrected chi connectivity index (χ3v) is 2.15. The minimum atomic E-state index is -0.0588. The van der Waals surface area contributed by atoms with Crippen LogP contribution in [0.1, 0.15) is 13.8 Å². The van der Waals surface area contributed by atoms with E-state index in [0.717, 1.165) is 6.54 Å². The van der Waals surface area contributed by atoms with Gasteiger partial charge in [0, 0.05) is 25.6 Å². The minimum absolute atomic E-state index is 0.00644. The van der Waals surface area contributed by atoms with E-state index in [4.69, 9.17) is 5.11 Å². The maximum atomic E-state index is 11.9. The minimum Gasteiger partial charge on any atom is -0.395 e. The standard InChI is InChI=1S/C11H22N2O2/c1-4-6-13(7-8-14)11(15)10(3)9-12-5-2/h4,10,12,14H,1,5-9H2,2-3H3. The molecule has 0 rings (SSSR count). The van der Waals surface area contributed by atoms with Crippen LogP contribution in [0.4, 0.5) is 0 Å². The first-order valence-electron chi connectivity index (χ1n) is 5.38. The highest BCUT2D eigenvalue weighted by Gasteiger charge is 2.18. The second kappa shape index (κ2) is 8.44. The number of aliphatic hydroxyl groups excluding tert-OH is 1. The zero-order valence-corrected chi connectivity index (χ0v) is 9.70. The summed E-state index contributed by atoms with van der Waals surface area (Å²) in [6, 6.07) is 0. The Labute approximate surface area is 92.0 Å². The van der Waals surface area contributed by atoms with Crippen LogP contribution in [0.2, 0.25) is 0 Å². The van der Waals surface area contributed by atoms with Crippen LogP contribution in [0.5, 0.6) is 0 Å². The largest absolute Gasteiger partial charge is 0.395 e. The number of carbonyl (C=O) groups excluding carboxylic acids is 1. The van der Waals surface area contributed by atoms with Gasteiger partial charge in [-0.05, 0) is 6.54 Å². The van der Waals surface area contributed by atoms with E-state index in [1.807, 2.05) is 13.8 Å². The van der Waals surface area contributed by atoms with Gasteiger partial charge in [-0.1, -0.05) is 19.9 Å². The van der Waals surface area contributed by atoms with E-state index < -0.39 is 0 Å². The van der Waals surface area contributed by atoms with Gasteiger partial charge >= 0.3 is 0 Å². The number of nitrogens with zero attached hydrogens (tertiary/aromatic N) is 1. The zero-order valence-electron chi connectivity index (χ0n) is 9.70. The molecule has 0 aliphatic carbocycles. The molecule has 0 saturated carbocycles. The van der Waals surface area contributed by atoms with Crippen LogP contribution < -0.4 is 5.32 Å². The molecule has 15 heavy (non-hydrogen) atoms. The van der Waals surface area contributed by atoms with Crippen molar-refractivity contribution >= 4 is 5.91 Å². The SMILES string of the molecule is C=CCN(CCO)C(=O)C(C)CNCC. The molecule has 0 fully saturated rings. The molecular weight excluding hydrogens is 192 g/mol. The van der Waals surface area contributed by atoms with Crippen LogP contribution in [0, 0.1) is 5.92 Å². The van der Waals surface area contributed by atoms with Gasteiger partial charge in [0.15, 0.2) is 0 Å². The molecule has 1 unspecified atom stereocenters. The topological polar surface area (TPSA) is 52.6 Å². The first kappa shape index (κ1) is 14.1. The fraction of sp³-hybridized carbons (Fsp3) is 0.727. The molecule has 0 radical (unpaired) electrons. The smallest absolute Gasteiger partial charge is 0.227 e. The molecule has 0 saturated heterocycles. The highest BCUT2D eigenvalue weighted by atomic mass is 16.3. The van der Waals surface area contributed by atoms with Gasteiger partial charge < -0.3 is 15.3 Å². The number of hydrogen-bond donors (Lipinski definition) is 2. The second-order valence-corrected chi connectivity index (χ2v) is 3.51. The van der Waals surface area contributed by atoms with Gasteiger partial charge in [-0.25, -0.2) is 0 Å². The number of aliphatic hydroxyl groups is 1. The van der Waals surface area contributed by atoms with E-state index >= 15 is 0 Å². The third-order valence-electron chi connectivity index (χ3n) is 2.15. The van der Waals surface area contributed by atoms with Crippen molar-refractivity contribution in [3.63, 3.8) is 0 Å². The summed E-state index contributed by atoms with van der Waals surface area (Å²) in [5, 5.41) is 12.0. The Bertz CT molecular complexity index is 195. The molecular formula is C11H22N2O2. The van der Waals surface area contributed by atoms with Crippen molar-refractivity contribution in [2.24, 2.45) is 5.92 Å². The lowest BCUT2D eigenvalue weighted by Gasteiger charge is -2.23. The zero-order chi connectivity index (χ0) is 11.7. The summed E-state index contributed by atoms with van der Waals surface area (Å²) in [6.45, 7) is 9.89. The number of nitrogens with one attached hydrogen (secondary N) is 1. The fourth-order valence-corrected chi connectivity index (χ4v) is 1.33. The lowest BCUT2D eigenvalue weighted by atomic mass is 10.1. The van der Waals surface area contributed by atoms with Gasteiger partial charge in [-0.2, -0.15) is 0 Å². The van der Waals surface area contributed by atoms with Gasteiger partial charge in [-0.15, -0.1) is 6.58 Å². The normalized spacial score (nSPS) is 12.2. The molecule has 0 aromatic heterocycles. The van der Waals surface area contributed by atoms with Crippen LogP contribution in [0.3, 0.4) is 0 Å². The van der Waals surface area contributed by atoms with E-state index in [0.29, 0.717) is 19.6 Å². The summed E-state index contributed by atoms with van der Waals surface area (Å²) in [6.07, 6.45) is 1.67. The maximum absolute atomic E-state index is 11.9. The Morgan fingerprint density at radius 2 is 2.33 bits per heavy atom. The molecule has 2 N–H and O–H groups in total. The van der Waals surface area contributed by atoms with E-state index in [1.165, 1.54) is 0 Å². The van der Waals surface area contributed by atoms with E-state index in [-0.39, 0.29) is 18.4 Å². The highest BCUT2D eigenvalue weighted by molar-refractivity contribution is 5.78. The second-order valence-electron chi connectivity index (χ2n) is 3.51. The number of rotatable bonds is 8. The predicted molar refractivity (Wildman–Crippen MR) is 61.6 cm³/mol. The maximum Gasteiger partial charge on any atom is 0.227 e. The molecule has 0 spiro atoms. The first-order chi connectivity index (χ1) is 7.17. The molecule has 0 aliphatic heterocycles. The molecule has 0 heterocycles. The van der Waals surface area contributed by atoms with Crippen molar-refractivity contribution in [2.45, 2.75) is 13.8 Å². The molecule has 0 aromatic carbocycles. The van der Waals surface area contributed by atoms with Gasteiger partial charge in [0.25, 0.3) is 0 Å². The Hall–Kier alpha value is -0.870. The van der Waals surface area contributed by atoms with Crippen LogP contribution in [0.25, 0.3) is 0 Å². The van der Waals surface area contributed by atoms with Crippen LogP contribution >= 0.6 is 0 Å². The number of carbonyl (C=O) groups is 1. The molecule has 4 heteroatoms. The van der Waals surface area contributed by atoms with E-state index in [9.17, 15) is 4.79 Å². The van der Waals surface area contributed by atoms with Crippen molar-refractivity contribution in [1.29, 1.82) is 0 Å². The Balaban J connectivity index is 4.14. The van der Waals surface area contributed by atoms with Gasteiger partial charge in [0.1, 0.15) is 0 Å². The lowest BCUT2D eigenvalue weighted by Crippen LogP contribution is -2.40. The average molecular weight is 214 g/mol. The summed E-state index contributed by atoms with van der Waals surface area (Å²) in [4.78, 5) is 13.5. The van der Waals surface area contributed by atoms with E-state index in [2.05, 4.69) is 11.9 Å². The Morgan fingerprint density at radius 3 is 2.80 bits per heavy atom. The van der Waals surface area contributed by atoms with Crippen molar-refractivity contribution < 1.29 is 9.90 Å². The predicted octanol–water partition coefficient (Wildman–Crippen LogP) is 0.239. The molecule has 1 atom stereocenters. The van der Waals surface area contributed by atoms with Crippen molar-refractivity contribution in [3.05, 3.63) is 12.7 Å². The van der Waals surface area contributed by atoms with E-state index in [1.54, 1.807) is 11.0 Å². The first-order valence-corrected chi connectivity index (χ1v) is 5.38. The number of amides is 1. The summed E-state index contributed by atoms with van der Waals surface area (Å²) in [5.41, 5.74) is 0. The van der Waals surface area contributed by atoms with Gasteiger partial charge in [0.2, 0.25) is 5.91 Å². The van der Waals surface area contributed by atoms with Crippen LogP contribution in [-0.4, -0.2) is 48.7 Å². The quantitative estimate of drug-likeness (QED) is 0.569. The monoisotopic (exact) mass is 214 g/mol. The molecule has 0 aliphatic rings. The average Bonchev–Trinajstić information content (AvgIpc) is 2.24. The molecule has 88 valence electrons. The third kappa shape index (κ3) is 5.54. The Morgan fingerprint density at radius 1 is 1.67 bits per heavy atom. The van der Waals surface area contributed by atoms with Gasteiger partial charge in [-0.3, -0.25) is 4.79 Å². The summed E-state index contributed by atoms with van der Waals surface area (Å²) in [5.74, 6) is 0.00125. The molecule has 0 bridgehead atoms.